The molecule has 0 aromatic carbocycles. The van der Waals surface area contributed by atoms with Crippen molar-refractivity contribution in [3.05, 3.63) is 51.0 Å². The summed E-state index contributed by atoms with van der Waals surface area (Å²) in [5.74, 6) is 0.971. The first-order valence-electron chi connectivity index (χ1n) is 4.80. The number of nitro groups is 1. The van der Waals surface area contributed by atoms with Gasteiger partial charge in [0, 0.05) is 6.07 Å². The van der Waals surface area contributed by atoms with E-state index in [2.05, 4.69) is 31.4 Å². The number of anilines is 1. The average molecular weight is 311 g/mol. The summed E-state index contributed by atoms with van der Waals surface area (Å²) in [6.45, 7) is 0. The van der Waals surface area contributed by atoms with Crippen LogP contribution in [0.2, 0.25) is 0 Å². The third kappa shape index (κ3) is 3.14. The predicted octanol–water partition coefficient (Wildman–Crippen LogP) is 2.79. The molecular weight excluding hydrogens is 304 g/mol. The molecule has 2 aromatic heterocycles. The van der Waals surface area contributed by atoms with Gasteiger partial charge in [0.1, 0.15) is 17.8 Å². The Hall–Kier alpha value is -2.22. The van der Waals surface area contributed by atoms with E-state index in [1.807, 2.05) is 0 Å². The number of hydrogen-bond donors (Lipinski definition) is 1. The molecule has 0 radical (unpaired) electrons. The summed E-state index contributed by atoms with van der Waals surface area (Å²) in [6.07, 6.45) is 2.62. The van der Waals surface area contributed by atoms with E-state index in [1.54, 1.807) is 12.1 Å². The third-order valence-electron chi connectivity index (χ3n) is 1.92. The highest BCUT2D eigenvalue weighted by Crippen LogP contribution is 2.13. The minimum absolute atomic E-state index is 0.0699. The molecule has 2 aromatic rings. The number of rotatable bonds is 4. The maximum Gasteiger partial charge on any atom is 0.287 e. The number of nitrogens with zero attached hydrogens (tertiary/aromatic N) is 3. The lowest BCUT2D eigenvalue weighted by molar-refractivity contribution is -0.385. The van der Waals surface area contributed by atoms with E-state index in [9.17, 15) is 10.1 Å². The van der Waals surface area contributed by atoms with Gasteiger partial charge in [0.15, 0.2) is 4.67 Å². The normalized spacial score (nSPS) is 10.7. The molecule has 18 heavy (non-hydrogen) atoms. The summed E-state index contributed by atoms with van der Waals surface area (Å²) < 4.78 is 5.80. The molecule has 0 atom stereocenters. The molecule has 0 fully saturated rings. The van der Waals surface area contributed by atoms with Crippen molar-refractivity contribution in [2.75, 3.05) is 5.43 Å². The van der Waals surface area contributed by atoms with Crippen molar-refractivity contribution >= 4 is 33.6 Å². The minimum Gasteiger partial charge on any atom is -0.448 e. The highest BCUT2D eigenvalue weighted by Gasteiger charge is 2.04. The fraction of sp³-hybridized carbons (Fsp3) is 0. The predicted molar refractivity (Wildman–Crippen MR) is 68.5 cm³/mol. The van der Waals surface area contributed by atoms with Gasteiger partial charge in [0.05, 0.1) is 11.1 Å². The molecule has 8 heteroatoms. The Labute approximate surface area is 110 Å². The maximum absolute atomic E-state index is 10.4. The van der Waals surface area contributed by atoms with Crippen LogP contribution in [0.1, 0.15) is 5.76 Å². The SMILES string of the molecule is O=[N+]([O-])c1ccc(N/N=C/c2ccc(Br)o2)nc1. The van der Waals surface area contributed by atoms with Gasteiger partial charge in [-0.25, -0.2) is 4.98 Å². The molecule has 7 nitrogen and oxygen atoms in total. The van der Waals surface area contributed by atoms with E-state index in [1.165, 1.54) is 18.3 Å². The molecule has 1 N–H and O–H groups in total. The summed E-state index contributed by atoms with van der Waals surface area (Å²) >= 11 is 3.17. The zero-order valence-electron chi connectivity index (χ0n) is 8.91. The largest absolute Gasteiger partial charge is 0.448 e. The van der Waals surface area contributed by atoms with E-state index >= 15 is 0 Å². The molecule has 2 heterocycles. The van der Waals surface area contributed by atoms with Gasteiger partial charge < -0.3 is 4.42 Å². The summed E-state index contributed by atoms with van der Waals surface area (Å²) in [5, 5.41) is 14.3. The van der Waals surface area contributed by atoms with Crippen molar-refractivity contribution in [3.8, 4) is 0 Å². The zero-order chi connectivity index (χ0) is 13.0. The van der Waals surface area contributed by atoms with Gasteiger partial charge >= 0.3 is 0 Å². The van der Waals surface area contributed by atoms with E-state index < -0.39 is 4.92 Å². The Balaban J connectivity index is 1.98. The highest BCUT2D eigenvalue weighted by atomic mass is 79.9. The molecule has 0 saturated carbocycles. The number of nitrogens with one attached hydrogen (secondary N) is 1. The monoisotopic (exact) mass is 310 g/mol. The molecular formula is C10H7BrN4O3. The minimum atomic E-state index is -0.513. The number of hydrogen-bond acceptors (Lipinski definition) is 6. The van der Waals surface area contributed by atoms with Crippen molar-refractivity contribution < 1.29 is 9.34 Å². The lowest BCUT2D eigenvalue weighted by Gasteiger charge is -1.97. The van der Waals surface area contributed by atoms with Crippen LogP contribution < -0.4 is 5.43 Å². The highest BCUT2D eigenvalue weighted by molar-refractivity contribution is 9.10. The third-order valence-corrected chi connectivity index (χ3v) is 2.35. The fourth-order valence-corrected chi connectivity index (χ4v) is 1.44. The van der Waals surface area contributed by atoms with Crippen LogP contribution in [-0.2, 0) is 0 Å². The molecule has 0 aliphatic carbocycles. The number of furan rings is 1. The van der Waals surface area contributed by atoms with E-state index in [0.29, 0.717) is 16.2 Å². The summed E-state index contributed by atoms with van der Waals surface area (Å²) in [4.78, 5) is 13.7. The van der Waals surface area contributed by atoms with Gasteiger partial charge in [0.2, 0.25) is 0 Å². The van der Waals surface area contributed by atoms with Crippen LogP contribution in [0.4, 0.5) is 11.5 Å². The van der Waals surface area contributed by atoms with Crippen LogP contribution in [0.5, 0.6) is 0 Å². The number of aromatic nitrogens is 1. The smallest absolute Gasteiger partial charge is 0.287 e. The zero-order valence-corrected chi connectivity index (χ0v) is 10.5. The van der Waals surface area contributed by atoms with Crippen molar-refractivity contribution in [3.63, 3.8) is 0 Å². The molecule has 0 saturated heterocycles. The van der Waals surface area contributed by atoms with E-state index in [0.717, 1.165) is 6.20 Å². The van der Waals surface area contributed by atoms with Crippen molar-refractivity contribution in [2.24, 2.45) is 5.10 Å². The number of pyridine rings is 1. The van der Waals surface area contributed by atoms with Crippen molar-refractivity contribution in [1.82, 2.24) is 4.98 Å². The molecule has 2 rings (SSSR count). The number of hydrazone groups is 1. The van der Waals surface area contributed by atoms with Crippen LogP contribution in [0.3, 0.4) is 0 Å². The second kappa shape index (κ2) is 5.41. The first-order valence-corrected chi connectivity index (χ1v) is 5.59. The van der Waals surface area contributed by atoms with Gasteiger partial charge in [-0.15, -0.1) is 0 Å². The lowest BCUT2D eigenvalue weighted by Crippen LogP contribution is -1.94. The van der Waals surface area contributed by atoms with Crippen molar-refractivity contribution in [1.29, 1.82) is 0 Å². The maximum atomic E-state index is 10.4. The van der Waals surface area contributed by atoms with E-state index in [4.69, 9.17) is 4.42 Å². The summed E-state index contributed by atoms with van der Waals surface area (Å²) in [6, 6.07) is 6.28. The average Bonchev–Trinajstić information content (AvgIpc) is 2.76. The summed E-state index contributed by atoms with van der Waals surface area (Å²) in [7, 11) is 0. The Bertz CT molecular complexity index is 579. The van der Waals surface area contributed by atoms with Gasteiger partial charge in [0.25, 0.3) is 5.69 Å². The second-order valence-corrected chi connectivity index (χ2v) is 3.95. The van der Waals surface area contributed by atoms with Crippen LogP contribution in [0, 0.1) is 10.1 Å². The summed E-state index contributed by atoms with van der Waals surface area (Å²) in [5.41, 5.74) is 2.56. The van der Waals surface area contributed by atoms with Gasteiger partial charge in [-0.1, -0.05) is 0 Å². The van der Waals surface area contributed by atoms with Gasteiger partial charge in [-0.05, 0) is 34.1 Å². The topological polar surface area (TPSA) is 93.6 Å². The Morgan fingerprint density at radius 1 is 1.44 bits per heavy atom. The molecule has 0 bridgehead atoms. The van der Waals surface area contributed by atoms with Crippen LogP contribution in [-0.4, -0.2) is 16.1 Å². The fourth-order valence-electron chi connectivity index (χ4n) is 1.12. The lowest BCUT2D eigenvalue weighted by atomic mass is 10.4. The van der Waals surface area contributed by atoms with Crippen LogP contribution in [0.25, 0.3) is 0 Å². The molecule has 0 spiro atoms. The van der Waals surface area contributed by atoms with Crippen LogP contribution in [0.15, 0.2) is 44.7 Å². The Kier molecular flexibility index (Phi) is 3.68. The Morgan fingerprint density at radius 2 is 2.28 bits per heavy atom. The molecule has 0 aliphatic rings. The second-order valence-electron chi connectivity index (χ2n) is 3.17. The molecule has 0 aliphatic heterocycles. The van der Waals surface area contributed by atoms with Crippen molar-refractivity contribution in [2.45, 2.75) is 0 Å². The molecule has 92 valence electrons. The Morgan fingerprint density at radius 3 is 2.83 bits per heavy atom. The van der Waals surface area contributed by atoms with Gasteiger partial charge in [-0.3, -0.25) is 15.5 Å². The standard InChI is InChI=1S/C10H7BrN4O3/c11-9-3-2-8(18-9)6-13-14-10-4-1-7(5-12-10)15(16)17/h1-6H,(H,12,14)/b13-6+. The molecule has 0 unspecified atom stereocenters. The first-order chi connectivity index (χ1) is 8.65. The first kappa shape index (κ1) is 12.2. The quantitative estimate of drug-likeness (QED) is 0.532. The molecule has 0 amide bonds. The van der Waals surface area contributed by atoms with Crippen LogP contribution >= 0.6 is 15.9 Å². The van der Waals surface area contributed by atoms with E-state index in [-0.39, 0.29) is 5.69 Å². The van der Waals surface area contributed by atoms with Gasteiger partial charge in [-0.2, -0.15) is 5.10 Å². The number of halogens is 1.